The number of epoxide rings is 1. The maximum Gasteiger partial charge on any atom is 0.142 e. The molecule has 0 N–H and O–H groups in total. The molecule has 1 aromatic rings. The number of ether oxygens (including phenoxy) is 2. The van der Waals surface area contributed by atoms with Crippen molar-refractivity contribution in [2.45, 2.75) is 32.0 Å². The van der Waals surface area contributed by atoms with E-state index in [0.29, 0.717) is 6.04 Å². The molecule has 110 valence electrons. The molecule has 0 amide bonds. The Labute approximate surface area is 121 Å². The molecule has 0 spiro atoms. The lowest BCUT2D eigenvalue weighted by atomic mass is 10.2. The predicted molar refractivity (Wildman–Crippen MR) is 80.5 cm³/mol. The van der Waals surface area contributed by atoms with Gasteiger partial charge in [0, 0.05) is 30.9 Å². The molecule has 2 fully saturated rings. The Kier molecular flexibility index (Phi) is 3.38. The van der Waals surface area contributed by atoms with Crippen LogP contribution in [0.3, 0.4) is 0 Å². The molecular formula is C16H24N2O2. The van der Waals surface area contributed by atoms with E-state index in [9.17, 15) is 0 Å². The minimum absolute atomic E-state index is 0.0222. The van der Waals surface area contributed by atoms with Gasteiger partial charge in [-0.2, -0.15) is 0 Å². The van der Waals surface area contributed by atoms with Gasteiger partial charge in [0.1, 0.15) is 11.5 Å². The van der Waals surface area contributed by atoms with Crippen molar-refractivity contribution in [3.8, 4) is 5.75 Å². The van der Waals surface area contributed by atoms with Gasteiger partial charge in [-0.1, -0.05) is 6.07 Å². The van der Waals surface area contributed by atoms with Crippen molar-refractivity contribution in [2.75, 3.05) is 38.8 Å². The summed E-state index contributed by atoms with van der Waals surface area (Å²) < 4.78 is 11.0. The van der Waals surface area contributed by atoms with E-state index in [1.165, 1.54) is 17.7 Å². The summed E-state index contributed by atoms with van der Waals surface area (Å²) in [7, 11) is 3.91. The van der Waals surface area contributed by atoms with Crippen LogP contribution in [-0.4, -0.2) is 50.5 Å². The fourth-order valence-corrected chi connectivity index (χ4v) is 2.99. The normalized spacial score (nSPS) is 29.1. The molecule has 20 heavy (non-hydrogen) atoms. The topological polar surface area (TPSA) is 28.2 Å². The second-order valence-electron chi connectivity index (χ2n) is 6.12. The van der Waals surface area contributed by atoms with E-state index in [2.05, 4.69) is 48.9 Å². The molecule has 0 bridgehead atoms. The van der Waals surface area contributed by atoms with Gasteiger partial charge in [-0.15, -0.1) is 0 Å². The van der Waals surface area contributed by atoms with Gasteiger partial charge in [-0.05, 0) is 38.9 Å². The first kappa shape index (κ1) is 13.7. The quantitative estimate of drug-likeness (QED) is 0.789. The molecule has 3 rings (SSSR count). The van der Waals surface area contributed by atoms with Crippen molar-refractivity contribution < 1.29 is 9.47 Å². The van der Waals surface area contributed by atoms with E-state index < -0.39 is 0 Å². The third-order valence-corrected chi connectivity index (χ3v) is 4.78. The van der Waals surface area contributed by atoms with Crippen LogP contribution in [0.2, 0.25) is 0 Å². The van der Waals surface area contributed by atoms with Crippen molar-refractivity contribution >= 4 is 5.69 Å². The Hall–Kier alpha value is -1.26. The van der Waals surface area contributed by atoms with E-state index in [1.54, 1.807) is 7.11 Å². The van der Waals surface area contributed by atoms with Gasteiger partial charge < -0.3 is 14.4 Å². The van der Waals surface area contributed by atoms with Crippen LogP contribution in [0.1, 0.15) is 18.9 Å². The van der Waals surface area contributed by atoms with E-state index >= 15 is 0 Å². The Balaban J connectivity index is 1.70. The van der Waals surface area contributed by atoms with Crippen LogP contribution >= 0.6 is 0 Å². The van der Waals surface area contributed by atoms with Crippen molar-refractivity contribution in [1.29, 1.82) is 0 Å². The molecule has 0 aromatic heterocycles. The molecule has 1 aromatic carbocycles. The SMILES string of the molecule is COc1cc(N2CCC(N(C)C3(C)CO3)C2)ccc1C. The van der Waals surface area contributed by atoms with Crippen LogP contribution < -0.4 is 9.64 Å². The lowest BCUT2D eigenvalue weighted by Gasteiger charge is -2.28. The Bertz CT molecular complexity index is 499. The summed E-state index contributed by atoms with van der Waals surface area (Å²) in [5, 5.41) is 0. The lowest BCUT2D eigenvalue weighted by molar-refractivity contribution is 0.0860. The number of aryl methyl sites for hydroxylation is 1. The standard InChI is InChI=1S/C16H24N2O2/c1-12-5-6-13(9-15(12)19-4)18-8-7-14(10-18)17(3)16(2)11-20-16/h5-6,9,14H,7-8,10-11H2,1-4H3. The number of methoxy groups -OCH3 is 1. The Morgan fingerprint density at radius 1 is 1.45 bits per heavy atom. The van der Waals surface area contributed by atoms with Gasteiger partial charge in [0.05, 0.1) is 13.7 Å². The number of nitrogens with zero attached hydrogens (tertiary/aromatic N) is 2. The fourth-order valence-electron chi connectivity index (χ4n) is 2.99. The molecule has 2 aliphatic heterocycles. The molecule has 4 heteroatoms. The van der Waals surface area contributed by atoms with Crippen LogP contribution in [-0.2, 0) is 4.74 Å². The average Bonchev–Trinajstić information content (AvgIpc) is 3.03. The largest absolute Gasteiger partial charge is 0.496 e. The van der Waals surface area contributed by atoms with Crippen LogP contribution in [0.15, 0.2) is 18.2 Å². The highest BCUT2D eigenvalue weighted by Crippen LogP contribution is 2.35. The molecule has 2 heterocycles. The summed E-state index contributed by atoms with van der Waals surface area (Å²) in [6.07, 6.45) is 1.19. The highest BCUT2D eigenvalue weighted by Gasteiger charge is 2.47. The van der Waals surface area contributed by atoms with Gasteiger partial charge in [-0.25, -0.2) is 0 Å². The molecule has 4 nitrogen and oxygen atoms in total. The molecule has 0 aliphatic carbocycles. The second kappa shape index (κ2) is 4.93. The maximum absolute atomic E-state index is 5.55. The maximum atomic E-state index is 5.55. The number of hydrogen-bond acceptors (Lipinski definition) is 4. The first-order chi connectivity index (χ1) is 9.53. The fraction of sp³-hybridized carbons (Fsp3) is 0.625. The van der Waals surface area contributed by atoms with Gasteiger partial charge in [-0.3, -0.25) is 4.90 Å². The summed E-state index contributed by atoms with van der Waals surface area (Å²) in [5.74, 6) is 0.969. The van der Waals surface area contributed by atoms with E-state index in [4.69, 9.17) is 9.47 Å². The summed E-state index contributed by atoms with van der Waals surface area (Å²) in [6.45, 7) is 7.26. The smallest absolute Gasteiger partial charge is 0.142 e. The number of rotatable bonds is 4. The van der Waals surface area contributed by atoms with Gasteiger partial charge in [0.15, 0.2) is 0 Å². The first-order valence-electron chi connectivity index (χ1n) is 7.30. The molecule has 2 atom stereocenters. The molecule has 2 saturated heterocycles. The highest BCUT2D eigenvalue weighted by atomic mass is 16.6. The zero-order valence-corrected chi connectivity index (χ0v) is 12.8. The van der Waals surface area contributed by atoms with Gasteiger partial charge in [0.2, 0.25) is 0 Å². The highest BCUT2D eigenvalue weighted by molar-refractivity contribution is 5.54. The summed E-state index contributed by atoms with van der Waals surface area (Å²) in [5.41, 5.74) is 2.42. The molecule has 2 unspecified atom stereocenters. The second-order valence-corrected chi connectivity index (χ2v) is 6.12. The number of hydrogen-bond donors (Lipinski definition) is 0. The first-order valence-corrected chi connectivity index (χ1v) is 7.30. The average molecular weight is 276 g/mol. The molecular weight excluding hydrogens is 252 g/mol. The lowest BCUT2D eigenvalue weighted by Crippen LogP contribution is -2.42. The third kappa shape index (κ3) is 2.38. The zero-order chi connectivity index (χ0) is 14.3. The van der Waals surface area contributed by atoms with Crippen LogP contribution in [0.4, 0.5) is 5.69 Å². The number of benzene rings is 1. The number of likely N-dealkylation sites (N-methyl/N-ethyl adjacent to an activating group) is 1. The summed E-state index contributed by atoms with van der Waals surface area (Å²) >= 11 is 0. The third-order valence-electron chi connectivity index (χ3n) is 4.78. The Morgan fingerprint density at radius 3 is 2.85 bits per heavy atom. The van der Waals surface area contributed by atoms with E-state index in [1.807, 2.05) is 0 Å². The van der Waals surface area contributed by atoms with Crippen LogP contribution in [0.25, 0.3) is 0 Å². The van der Waals surface area contributed by atoms with Crippen LogP contribution in [0.5, 0.6) is 5.75 Å². The van der Waals surface area contributed by atoms with Gasteiger partial charge in [0.25, 0.3) is 0 Å². The molecule has 0 saturated carbocycles. The number of anilines is 1. The van der Waals surface area contributed by atoms with E-state index in [0.717, 1.165) is 25.4 Å². The van der Waals surface area contributed by atoms with Crippen molar-refractivity contribution in [2.24, 2.45) is 0 Å². The van der Waals surface area contributed by atoms with Crippen molar-refractivity contribution in [1.82, 2.24) is 4.90 Å². The summed E-state index contributed by atoms with van der Waals surface area (Å²) in [4.78, 5) is 4.83. The zero-order valence-electron chi connectivity index (χ0n) is 12.8. The van der Waals surface area contributed by atoms with E-state index in [-0.39, 0.29) is 5.72 Å². The monoisotopic (exact) mass is 276 g/mol. The molecule has 0 radical (unpaired) electrons. The Morgan fingerprint density at radius 2 is 2.20 bits per heavy atom. The minimum Gasteiger partial charge on any atom is -0.496 e. The van der Waals surface area contributed by atoms with Crippen molar-refractivity contribution in [3.63, 3.8) is 0 Å². The van der Waals surface area contributed by atoms with Crippen LogP contribution in [0, 0.1) is 6.92 Å². The molecule has 2 aliphatic rings. The van der Waals surface area contributed by atoms with Crippen molar-refractivity contribution in [3.05, 3.63) is 23.8 Å². The summed E-state index contributed by atoms with van der Waals surface area (Å²) in [6, 6.07) is 7.04. The predicted octanol–water partition coefficient (Wildman–Crippen LogP) is 2.26. The van der Waals surface area contributed by atoms with Gasteiger partial charge >= 0.3 is 0 Å². The minimum atomic E-state index is -0.0222.